The standard InChI is InChI=1S/C13H14N4O/c1-8-3-5-11(9(2)16-8)13(18)17-10-4-6-12(14)15-7-10/h3-7H,1-2H3,(H2,14,15)(H,17,18). The van der Waals surface area contributed by atoms with E-state index in [1.807, 2.05) is 19.9 Å². The second kappa shape index (κ2) is 4.83. The van der Waals surface area contributed by atoms with Gasteiger partial charge < -0.3 is 11.1 Å². The number of nitrogen functional groups attached to an aromatic ring is 1. The molecule has 0 radical (unpaired) electrons. The molecule has 92 valence electrons. The maximum atomic E-state index is 12.0. The van der Waals surface area contributed by atoms with Gasteiger partial charge in [0.1, 0.15) is 5.82 Å². The molecular formula is C13H14N4O. The molecule has 5 nitrogen and oxygen atoms in total. The van der Waals surface area contributed by atoms with Gasteiger partial charge in [0.25, 0.3) is 5.91 Å². The number of aryl methyl sites for hydroxylation is 2. The van der Waals surface area contributed by atoms with E-state index in [1.165, 1.54) is 6.20 Å². The van der Waals surface area contributed by atoms with Crippen LogP contribution in [0, 0.1) is 13.8 Å². The highest BCUT2D eigenvalue weighted by Gasteiger charge is 2.10. The molecule has 0 saturated heterocycles. The molecule has 0 bridgehead atoms. The fourth-order valence-electron chi connectivity index (χ4n) is 1.60. The molecule has 1 amide bonds. The molecule has 2 aromatic heterocycles. The van der Waals surface area contributed by atoms with E-state index in [0.717, 1.165) is 5.69 Å². The lowest BCUT2D eigenvalue weighted by Gasteiger charge is -2.07. The van der Waals surface area contributed by atoms with E-state index < -0.39 is 0 Å². The smallest absolute Gasteiger partial charge is 0.257 e. The summed E-state index contributed by atoms with van der Waals surface area (Å²) in [5.41, 5.74) is 8.23. The zero-order valence-electron chi connectivity index (χ0n) is 10.3. The first-order chi connectivity index (χ1) is 8.56. The van der Waals surface area contributed by atoms with E-state index >= 15 is 0 Å². The highest BCUT2D eigenvalue weighted by Crippen LogP contribution is 2.12. The molecule has 2 aromatic rings. The third-order valence-corrected chi connectivity index (χ3v) is 2.51. The normalized spacial score (nSPS) is 10.1. The predicted octanol–water partition coefficient (Wildman–Crippen LogP) is 1.93. The van der Waals surface area contributed by atoms with Gasteiger partial charge in [0.15, 0.2) is 0 Å². The largest absolute Gasteiger partial charge is 0.384 e. The maximum absolute atomic E-state index is 12.0. The van der Waals surface area contributed by atoms with Crippen molar-refractivity contribution in [2.45, 2.75) is 13.8 Å². The third-order valence-electron chi connectivity index (χ3n) is 2.51. The molecule has 3 N–H and O–H groups in total. The van der Waals surface area contributed by atoms with Crippen molar-refractivity contribution in [3.8, 4) is 0 Å². The number of nitrogens with zero attached hydrogens (tertiary/aromatic N) is 2. The lowest BCUT2D eigenvalue weighted by atomic mass is 10.1. The number of carbonyl (C=O) groups excluding carboxylic acids is 1. The summed E-state index contributed by atoms with van der Waals surface area (Å²) in [6, 6.07) is 6.91. The first kappa shape index (κ1) is 12.0. The topological polar surface area (TPSA) is 80.9 Å². The van der Waals surface area contributed by atoms with Crippen molar-refractivity contribution < 1.29 is 4.79 Å². The molecule has 0 saturated carbocycles. The van der Waals surface area contributed by atoms with Crippen LogP contribution in [-0.2, 0) is 0 Å². The Balaban J connectivity index is 2.19. The second-order valence-electron chi connectivity index (χ2n) is 4.01. The molecule has 2 heterocycles. The molecule has 0 unspecified atom stereocenters. The number of hydrogen-bond acceptors (Lipinski definition) is 4. The molecule has 0 atom stereocenters. The quantitative estimate of drug-likeness (QED) is 0.843. The number of nitrogens with two attached hydrogens (primary N) is 1. The number of hydrogen-bond donors (Lipinski definition) is 2. The lowest BCUT2D eigenvalue weighted by molar-refractivity contribution is 0.102. The van der Waals surface area contributed by atoms with Crippen LogP contribution < -0.4 is 11.1 Å². The number of anilines is 2. The van der Waals surface area contributed by atoms with E-state index in [0.29, 0.717) is 22.8 Å². The van der Waals surface area contributed by atoms with Gasteiger partial charge in [0.05, 0.1) is 23.1 Å². The van der Waals surface area contributed by atoms with Crippen LogP contribution in [0.3, 0.4) is 0 Å². The molecular weight excluding hydrogens is 228 g/mol. The zero-order chi connectivity index (χ0) is 13.1. The van der Waals surface area contributed by atoms with Crippen LogP contribution in [0.15, 0.2) is 30.5 Å². The fraction of sp³-hybridized carbons (Fsp3) is 0.154. The van der Waals surface area contributed by atoms with Gasteiger partial charge in [0, 0.05) is 5.69 Å². The SMILES string of the molecule is Cc1ccc(C(=O)Nc2ccc(N)nc2)c(C)n1. The number of amides is 1. The van der Waals surface area contributed by atoms with Crippen molar-refractivity contribution in [2.75, 3.05) is 11.1 Å². The number of aromatic nitrogens is 2. The summed E-state index contributed by atoms with van der Waals surface area (Å²) in [6.07, 6.45) is 1.52. The Labute approximate surface area is 105 Å². The molecule has 0 aromatic carbocycles. The molecule has 2 rings (SSSR count). The maximum Gasteiger partial charge on any atom is 0.257 e. The van der Waals surface area contributed by atoms with Crippen LogP contribution in [-0.4, -0.2) is 15.9 Å². The Kier molecular flexibility index (Phi) is 3.23. The Morgan fingerprint density at radius 3 is 2.61 bits per heavy atom. The third kappa shape index (κ3) is 2.63. The van der Waals surface area contributed by atoms with Gasteiger partial charge in [-0.2, -0.15) is 0 Å². The van der Waals surface area contributed by atoms with Gasteiger partial charge in [-0.05, 0) is 38.1 Å². The van der Waals surface area contributed by atoms with Gasteiger partial charge in [-0.3, -0.25) is 9.78 Å². The summed E-state index contributed by atoms with van der Waals surface area (Å²) in [5.74, 6) is 0.216. The van der Waals surface area contributed by atoms with Crippen molar-refractivity contribution in [3.05, 3.63) is 47.4 Å². The predicted molar refractivity (Wildman–Crippen MR) is 70.3 cm³/mol. The van der Waals surface area contributed by atoms with Crippen molar-refractivity contribution in [2.24, 2.45) is 0 Å². The first-order valence-corrected chi connectivity index (χ1v) is 5.53. The average Bonchev–Trinajstić information content (AvgIpc) is 2.32. The zero-order valence-corrected chi connectivity index (χ0v) is 10.3. The Morgan fingerprint density at radius 1 is 1.22 bits per heavy atom. The highest BCUT2D eigenvalue weighted by atomic mass is 16.1. The number of rotatable bonds is 2. The van der Waals surface area contributed by atoms with Crippen LogP contribution in [0.2, 0.25) is 0 Å². The average molecular weight is 242 g/mol. The summed E-state index contributed by atoms with van der Waals surface area (Å²) in [7, 11) is 0. The van der Waals surface area contributed by atoms with Crippen LogP contribution in [0.1, 0.15) is 21.7 Å². The van der Waals surface area contributed by atoms with Crippen LogP contribution >= 0.6 is 0 Å². The van der Waals surface area contributed by atoms with Gasteiger partial charge in [-0.15, -0.1) is 0 Å². The molecule has 5 heteroatoms. The molecule has 0 aliphatic heterocycles. The minimum Gasteiger partial charge on any atom is -0.384 e. The molecule has 0 aliphatic carbocycles. The van der Waals surface area contributed by atoms with Gasteiger partial charge >= 0.3 is 0 Å². The van der Waals surface area contributed by atoms with E-state index in [1.54, 1.807) is 18.2 Å². The van der Waals surface area contributed by atoms with E-state index in [9.17, 15) is 4.79 Å². The van der Waals surface area contributed by atoms with Crippen molar-refractivity contribution >= 4 is 17.4 Å². The van der Waals surface area contributed by atoms with Crippen LogP contribution in [0.5, 0.6) is 0 Å². The molecule has 0 aliphatic rings. The Hall–Kier alpha value is -2.43. The fourth-order valence-corrected chi connectivity index (χ4v) is 1.60. The van der Waals surface area contributed by atoms with Gasteiger partial charge in [-0.1, -0.05) is 0 Å². The van der Waals surface area contributed by atoms with Gasteiger partial charge in [0.2, 0.25) is 0 Å². The summed E-state index contributed by atoms with van der Waals surface area (Å²) in [6.45, 7) is 3.70. The minimum absolute atomic E-state index is 0.202. The Morgan fingerprint density at radius 2 is 2.00 bits per heavy atom. The number of nitrogens with one attached hydrogen (secondary N) is 1. The summed E-state index contributed by atoms with van der Waals surface area (Å²) in [4.78, 5) is 20.2. The monoisotopic (exact) mass is 242 g/mol. The van der Waals surface area contributed by atoms with Crippen LogP contribution in [0.25, 0.3) is 0 Å². The van der Waals surface area contributed by atoms with Crippen molar-refractivity contribution in [1.82, 2.24) is 9.97 Å². The summed E-state index contributed by atoms with van der Waals surface area (Å²) >= 11 is 0. The van der Waals surface area contributed by atoms with Gasteiger partial charge in [-0.25, -0.2) is 4.98 Å². The number of pyridine rings is 2. The van der Waals surface area contributed by atoms with E-state index in [2.05, 4.69) is 15.3 Å². The van der Waals surface area contributed by atoms with E-state index in [4.69, 9.17) is 5.73 Å². The summed E-state index contributed by atoms with van der Waals surface area (Å²) < 4.78 is 0. The van der Waals surface area contributed by atoms with E-state index in [-0.39, 0.29) is 5.91 Å². The van der Waals surface area contributed by atoms with Crippen LogP contribution in [0.4, 0.5) is 11.5 Å². The highest BCUT2D eigenvalue weighted by molar-refractivity contribution is 6.04. The summed E-state index contributed by atoms with van der Waals surface area (Å²) in [5, 5.41) is 2.75. The molecule has 0 fully saturated rings. The van der Waals surface area contributed by atoms with Crippen molar-refractivity contribution in [3.63, 3.8) is 0 Å². The molecule has 0 spiro atoms. The minimum atomic E-state index is -0.202. The number of carbonyl (C=O) groups is 1. The lowest BCUT2D eigenvalue weighted by Crippen LogP contribution is -2.14. The molecule has 18 heavy (non-hydrogen) atoms. The first-order valence-electron chi connectivity index (χ1n) is 5.53. The van der Waals surface area contributed by atoms with Crippen molar-refractivity contribution in [1.29, 1.82) is 0 Å². The second-order valence-corrected chi connectivity index (χ2v) is 4.01. The Bertz CT molecular complexity index is 578.